The molecule has 0 aliphatic heterocycles. The van der Waals surface area contributed by atoms with Crippen molar-refractivity contribution >= 4 is 5.78 Å². The van der Waals surface area contributed by atoms with Gasteiger partial charge in [-0.15, -0.1) is 6.58 Å². The summed E-state index contributed by atoms with van der Waals surface area (Å²) in [5.74, 6) is 0.882. The summed E-state index contributed by atoms with van der Waals surface area (Å²) in [4.78, 5) is 0. The van der Waals surface area contributed by atoms with E-state index in [1.54, 1.807) is 6.08 Å². The van der Waals surface area contributed by atoms with Gasteiger partial charge in [0, 0.05) is 0 Å². The maximum absolute atomic E-state index is 10.1. The summed E-state index contributed by atoms with van der Waals surface area (Å²) in [6.45, 7) is 3.64. The first-order valence-corrected chi connectivity index (χ1v) is 3.66. The number of ketones is 1. The molecular formula is C8H12O2. The van der Waals surface area contributed by atoms with Crippen LogP contribution in [0.4, 0.5) is 0 Å². The van der Waals surface area contributed by atoms with Gasteiger partial charge in [0.05, 0.1) is 12.3 Å². The fraction of sp³-hybridized carbons (Fsp3) is 0.625. The second-order valence-corrected chi connectivity index (χ2v) is 2.64. The van der Waals surface area contributed by atoms with Crippen LogP contribution in [0, 0.1) is 5.92 Å². The second-order valence-electron chi connectivity index (χ2n) is 2.64. The fourth-order valence-corrected chi connectivity index (χ4v) is 1.36. The van der Waals surface area contributed by atoms with Crippen LogP contribution >= 0.6 is 0 Å². The minimum atomic E-state index is 0.214. The van der Waals surface area contributed by atoms with E-state index in [2.05, 4.69) is 11.2 Å². The van der Waals surface area contributed by atoms with Crippen LogP contribution in [0.5, 0.6) is 0 Å². The van der Waals surface area contributed by atoms with Crippen LogP contribution in [0.1, 0.15) is 25.7 Å². The predicted molar refractivity (Wildman–Crippen MR) is 37.2 cm³/mol. The predicted octanol–water partition coefficient (Wildman–Crippen LogP) is 0.743. The molecule has 0 N–H and O–H groups in total. The maximum Gasteiger partial charge on any atom is 0.336 e. The van der Waals surface area contributed by atoms with Crippen molar-refractivity contribution < 1.29 is 9.83 Å². The quantitative estimate of drug-likeness (QED) is 0.229. The standard InChI is InChI=1S/C8H12O2/c1-2-7-5-3-4-6-8(7)10-9/h2,7H,1,3-6H2. The Bertz CT molecular complexity index is 149. The highest BCUT2D eigenvalue weighted by Gasteiger charge is 2.26. The molecule has 0 bridgehead atoms. The van der Waals surface area contributed by atoms with E-state index in [1.807, 2.05) is 0 Å². The van der Waals surface area contributed by atoms with E-state index in [4.69, 9.17) is 0 Å². The molecule has 0 radical (unpaired) electrons. The molecule has 1 rings (SSSR count). The van der Waals surface area contributed by atoms with E-state index in [0.29, 0.717) is 5.78 Å². The molecule has 1 aliphatic rings. The Labute approximate surface area is 60.8 Å². The van der Waals surface area contributed by atoms with Gasteiger partial charge in [-0.05, 0) is 12.8 Å². The van der Waals surface area contributed by atoms with E-state index < -0.39 is 0 Å². The molecule has 1 fully saturated rings. The molecule has 0 aromatic rings. The molecule has 0 amide bonds. The van der Waals surface area contributed by atoms with Gasteiger partial charge in [0.2, 0.25) is 0 Å². The lowest BCUT2D eigenvalue weighted by molar-refractivity contribution is -1.05. The second kappa shape index (κ2) is 3.40. The van der Waals surface area contributed by atoms with Crippen LogP contribution in [-0.2, 0) is 4.58 Å². The summed E-state index contributed by atoms with van der Waals surface area (Å²) in [6.07, 6.45) is 5.92. The van der Waals surface area contributed by atoms with Crippen molar-refractivity contribution in [2.24, 2.45) is 5.92 Å². The zero-order valence-corrected chi connectivity index (χ0v) is 6.01. The molecule has 2 nitrogen and oxygen atoms in total. The molecule has 1 atom stereocenters. The highest BCUT2D eigenvalue weighted by molar-refractivity contribution is 5.83. The third kappa shape index (κ3) is 1.38. The summed E-state index contributed by atoms with van der Waals surface area (Å²) in [5, 5.41) is 10.1. The monoisotopic (exact) mass is 140 g/mol. The summed E-state index contributed by atoms with van der Waals surface area (Å²) < 4.78 is 3.99. The van der Waals surface area contributed by atoms with Crippen molar-refractivity contribution in [1.82, 2.24) is 0 Å². The van der Waals surface area contributed by atoms with Crippen LogP contribution in [0.15, 0.2) is 12.7 Å². The van der Waals surface area contributed by atoms with Crippen LogP contribution < -0.4 is 5.26 Å². The van der Waals surface area contributed by atoms with Crippen molar-refractivity contribution in [2.45, 2.75) is 25.7 Å². The molecule has 0 spiro atoms. The first-order valence-electron chi connectivity index (χ1n) is 3.66. The lowest BCUT2D eigenvalue weighted by Crippen LogP contribution is -2.22. The minimum Gasteiger partial charge on any atom is -0.463 e. The number of rotatable bonds is 1. The van der Waals surface area contributed by atoms with E-state index in [-0.39, 0.29) is 5.92 Å². The van der Waals surface area contributed by atoms with Crippen molar-refractivity contribution in [2.75, 3.05) is 0 Å². The van der Waals surface area contributed by atoms with Gasteiger partial charge < -0.3 is 5.26 Å². The van der Waals surface area contributed by atoms with Crippen molar-refractivity contribution in [1.29, 1.82) is 0 Å². The zero-order chi connectivity index (χ0) is 7.40. The Morgan fingerprint density at radius 3 is 2.90 bits per heavy atom. The molecule has 10 heavy (non-hydrogen) atoms. The Hall–Kier alpha value is -0.790. The average molecular weight is 140 g/mol. The largest absolute Gasteiger partial charge is 0.463 e. The van der Waals surface area contributed by atoms with Crippen LogP contribution in [0.3, 0.4) is 0 Å². The molecule has 0 saturated heterocycles. The molecule has 1 unspecified atom stereocenters. The summed E-state index contributed by atoms with van der Waals surface area (Å²) >= 11 is 0. The first-order chi connectivity index (χ1) is 4.88. The van der Waals surface area contributed by atoms with Gasteiger partial charge in [-0.3, -0.25) is 0 Å². The average Bonchev–Trinajstić information content (AvgIpc) is 2.04. The molecule has 0 aromatic heterocycles. The Morgan fingerprint density at radius 2 is 2.40 bits per heavy atom. The molecular weight excluding hydrogens is 128 g/mol. The molecule has 1 saturated carbocycles. The lowest BCUT2D eigenvalue weighted by Gasteiger charge is -2.11. The van der Waals surface area contributed by atoms with Gasteiger partial charge in [0.25, 0.3) is 0 Å². The summed E-state index contributed by atoms with van der Waals surface area (Å²) in [6, 6.07) is 0. The SMILES string of the molecule is C=CC1CCCCC1=[O+][O-]. The number of allylic oxidation sites excluding steroid dienone is 1. The zero-order valence-electron chi connectivity index (χ0n) is 6.01. The molecule has 0 heterocycles. The fourth-order valence-electron chi connectivity index (χ4n) is 1.36. The molecule has 56 valence electrons. The first kappa shape index (κ1) is 7.32. The lowest BCUT2D eigenvalue weighted by atomic mass is 9.88. The van der Waals surface area contributed by atoms with Crippen LogP contribution in [0.25, 0.3) is 0 Å². The van der Waals surface area contributed by atoms with Crippen molar-refractivity contribution in [3.8, 4) is 0 Å². The maximum atomic E-state index is 10.1. The third-order valence-corrected chi connectivity index (χ3v) is 1.99. The topological polar surface area (TPSA) is 34.4 Å². The Morgan fingerprint density at radius 1 is 1.60 bits per heavy atom. The van der Waals surface area contributed by atoms with Gasteiger partial charge in [-0.2, -0.15) is 4.58 Å². The minimum absolute atomic E-state index is 0.214. The summed E-state index contributed by atoms with van der Waals surface area (Å²) in [5.41, 5.74) is 0. The van der Waals surface area contributed by atoms with E-state index >= 15 is 0 Å². The third-order valence-electron chi connectivity index (χ3n) is 1.99. The van der Waals surface area contributed by atoms with Crippen LogP contribution in [-0.4, -0.2) is 5.78 Å². The van der Waals surface area contributed by atoms with Crippen LogP contribution in [0.2, 0.25) is 0 Å². The molecule has 0 aromatic carbocycles. The van der Waals surface area contributed by atoms with E-state index in [1.165, 1.54) is 6.42 Å². The summed E-state index contributed by atoms with van der Waals surface area (Å²) in [7, 11) is 0. The molecule has 2 heteroatoms. The van der Waals surface area contributed by atoms with E-state index in [9.17, 15) is 5.26 Å². The van der Waals surface area contributed by atoms with Crippen molar-refractivity contribution in [3.63, 3.8) is 0 Å². The highest BCUT2D eigenvalue weighted by Crippen LogP contribution is 2.20. The van der Waals surface area contributed by atoms with Gasteiger partial charge >= 0.3 is 5.78 Å². The number of hydrogen-bond donors (Lipinski definition) is 0. The van der Waals surface area contributed by atoms with Gasteiger partial charge in [0.15, 0.2) is 0 Å². The van der Waals surface area contributed by atoms with E-state index in [0.717, 1.165) is 19.3 Å². The smallest absolute Gasteiger partial charge is 0.336 e. The number of hydrogen-bond acceptors (Lipinski definition) is 1. The van der Waals surface area contributed by atoms with Gasteiger partial charge in [-0.25, -0.2) is 0 Å². The molecule has 1 aliphatic carbocycles. The highest BCUT2D eigenvalue weighted by atomic mass is 17.1. The Kier molecular flexibility index (Phi) is 2.49. The van der Waals surface area contributed by atoms with Gasteiger partial charge in [0.1, 0.15) is 0 Å². The van der Waals surface area contributed by atoms with Gasteiger partial charge in [-0.1, -0.05) is 12.5 Å². The Balaban J connectivity index is 2.59. The number of carbonyl (C=O) groups excluding carboxylic acids is 1. The van der Waals surface area contributed by atoms with Crippen molar-refractivity contribution in [3.05, 3.63) is 12.7 Å². The normalized spacial score (nSPS) is 30.4.